The van der Waals surface area contributed by atoms with Gasteiger partial charge in [-0.15, -0.1) is 0 Å². The summed E-state index contributed by atoms with van der Waals surface area (Å²) in [5, 5.41) is 0. The van der Waals surface area contributed by atoms with Crippen LogP contribution in [0.3, 0.4) is 0 Å². The molecule has 1 aromatic rings. The third kappa shape index (κ3) is 2.73. The number of rotatable bonds is 0. The van der Waals surface area contributed by atoms with Gasteiger partial charge in [-0.3, -0.25) is 0 Å². The highest BCUT2D eigenvalue weighted by Gasteiger charge is 2.50. The molecule has 1 aliphatic heterocycles. The summed E-state index contributed by atoms with van der Waals surface area (Å²) in [6.45, 7) is 0. The lowest BCUT2D eigenvalue weighted by Gasteiger charge is -2.46. The van der Waals surface area contributed by atoms with Gasteiger partial charge in [0.05, 0.1) is 5.92 Å². The second-order valence-electron chi connectivity index (χ2n) is 6.11. The van der Waals surface area contributed by atoms with Gasteiger partial charge in [-0.25, -0.2) is 4.39 Å². The summed E-state index contributed by atoms with van der Waals surface area (Å²) < 4.78 is 58.1. The van der Waals surface area contributed by atoms with Gasteiger partial charge in [-0.05, 0) is 31.7 Å². The summed E-state index contributed by atoms with van der Waals surface area (Å²) in [5.41, 5.74) is 5.82. The van der Waals surface area contributed by atoms with E-state index in [1.165, 1.54) is 12.1 Å². The fourth-order valence-corrected chi connectivity index (χ4v) is 3.57. The van der Waals surface area contributed by atoms with Crippen LogP contribution < -0.4 is 10.5 Å². The maximum atomic E-state index is 13.3. The Morgan fingerprint density at radius 1 is 1.24 bits per heavy atom. The first kappa shape index (κ1) is 14.6. The van der Waals surface area contributed by atoms with Crippen molar-refractivity contribution in [2.75, 3.05) is 0 Å². The summed E-state index contributed by atoms with van der Waals surface area (Å²) in [5.74, 6) is -1.55. The Morgan fingerprint density at radius 3 is 2.71 bits per heavy atom. The van der Waals surface area contributed by atoms with E-state index in [-0.39, 0.29) is 18.6 Å². The fraction of sp³-hybridized carbons (Fsp3) is 0.600. The maximum absolute atomic E-state index is 13.3. The van der Waals surface area contributed by atoms with E-state index in [0.29, 0.717) is 24.8 Å². The van der Waals surface area contributed by atoms with E-state index in [2.05, 4.69) is 0 Å². The molecule has 3 rings (SSSR count). The summed E-state index contributed by atoms with van der Waals surface area (Å²) in [7, 11) is 0. The molecule has 0 amide bonds. The van der Waals surface area contributed by atoms with Crippen LogP contribution in [-0.4, -0.2) is 11.8 Å². The highest BCUT2D eigenvalue weighted by molar-refractivity contribution is 5.39. The SMILES string of the molecule is NC1CC2(CCCC(C(F)(F)F)C2)Oc2cc(F)ccc21. The van der Waals surface area contributed by atoms with Crippen molar-refractivity contribution < 1.29 is 22.3 Å². The van der Waals surface area contributed by atoms with Crippen LogP contribution in [0.1, 0.15) is 43.7 Å². The number of nitrogens with two attached hydrogens (primary N) is 1. The lowest BCUT2D eigenvalue weighted by Crippen LogP contribution is -2.48. The molecule has 1 fully saturated rings. The van der Waals surface area contributed by atoms with Gasteiger partial charge >= 0.3 is 6.18 Å². The van der Waals surface area contributed by atoms with Crippen molar-refractivity contribution in [1.29, 1.82) is 0 Å². The van der Waals surface area contributed by atoms with Crippen LogP contribution in [-0.2, 0) is 0 Å². The van der Waals surface area contributed by atoms with Crippen molar-refractivity contribution in [3.8, 4) is 5.75 Å². The Hall–Kier alpha value is -1.30. The zero-order chi connectivity index (χ0) is 15.3. The second kappa shape index (κ2) is 4.87. The average Bonchev–Trinajstić information content (AvgIpc) is 2.36. The highest BCUT2D eigenvalue weighted by Crippen LogP contribution is 2.50. The van der Waals surface area contributed by atoms with Crippen molar-refractivity contribution in [3.05, 3.63) is 29.6 Å². The van der Waals surface area contributed by atoms with Crippen LogP contribution >= 0.6 is 0 Å². The molecule has 2 nitrogen and oxygen atoms in total. The molecule has 21 heavy (non-hydrogen) atoms. The lowest BCUT2D eigenvalue weighted by molar-refractivity contribution is -0.199. The number of fused-ring (bicyclic) bond motifs is 1. The molecular weight excluding hydrogens is 286 g/mol. The number of halogens is 4. The van der Waals surface area contributed by atoms with Crippen molar-refractivity contribution in [2.45, 2.75) is 49.9 Å². The molecule has 0 saturated heterocycles. The number of hydrogen-bond acceptors (Lipinski definition) is 2. The highest BCUT2D eigenvalue weighted by atomic mass is 19.4. The van der Waals surface area contributed by atoms with E-state index in [4.69, 9.17) is 10.5 Å². The van der Waals surface area contributed by atoms with Crippen molar-refractivity contribution in [3.63, 3.8) is 0 Å². The average molecular weight is 303 g/mol. The maximum Gasteiger partial charge on any atom is 0.391 e. The third-order valence-corrected chi connectivity index (χ3v) is 4.56. The fourth-order valence-electron chi connectivity index (χ4n) is 3.57. The number of alkyl halides is 3. The monoisotopic (exact) mass is 303 g/mol. The van der Waals surface area contributed by atoms with E-state index in [0.717, 1.165) is 0 Å². The summed E-state index contributed by atoms with van der Waals surface area (Å²) in [6.07, 6.45) is -2.87. The van der Waals surface area contributed by atoms with Crippen LogP contribution in [0.15, 0.2) is 18.2 Å². The quantitative estimate of drug-likeness (QED) is 0.732. The van der Waals surface area contributed by atoms with Crippen LogP contribution in [0, 0.1) is 11.7 Å². The predicted octanol–water partition coefficient (Wildman–Crippen LogP) is 4.10. The van der Waals surface area contributed by atoms with Crippen LogP contribution in [0.25, 0.3) is 0 Å². The van der Waals surface area contributed by atoms with Crippen LogP contribution in [0.2, 0.25) is 0 Å². The molecule has 1 aliphatic carbocycles. The minimum atomic E-state index is -4.22. The first-order valence-electron chi connectivity index (χ1n) is 7.10. The normalized spacial score (nSPS) is 32.6. The van der Waals surface area contributed by atoms with Crippen molar-refractivity contribution in [2.24, 2.45) is 11.7 Å². The Morgan fingerprint density at radius 2 is 2.00 bits per heavy atom. The zero-order valence-electron chi connectivity index (χ0n) is 11.4. The van der Waals surface area contributed by atoms with Crippen LogP contribution in [0.4, 0.5) is 17.6 Å². The largest absolute Gasteiger partial charge is 0.487 e. The minimum absolute atomic E-state index is 0.0971. The molecule has 2 N–H and O–H groups in total. The van der Waals surface area contributed by atoms with Gasteiger partial charge < -0.3 is 10.5 Å². The topological polar surface area (TPSA) is 35.2 Å². The molecule has 3 atom stereocenters. The summed E-state index contributed by atoms with van der Waals surface area (Å²) in [4.78, 5) is 0. The third-order valence-electron chi connectivity index (χ3n) is 4.56. The van der Waals surface area contributed by atoms with Crippen molar-refractivity contribution in [1.82, 2.24) is 0 Å². The molecule has 0 radical (unpaired) electrons. The number of ether oxygens (including phenoxy) is 1. The Kier molecular flexibility index (Phi) is 3.39. The molecule has 3 unspecified atom stereocenters. The molecular formula is C15H17F4NO. The van der Waals surface area contributed by atoms with E-state index < -0.39 is 29.6 Å². The zero-order valence-corrected chi connectivity index (χ0v) is 11.4. The van der Waals surface area contributed by atoms with Gasteiger partial charge in [0.25, 0.3) is 0 Å². The molecule has 1 saturated carbocycles. The van der Waals surface area contributed by atoms with Gasteiger partial charge in [-0.1, -0.05) is 6.07 Å². The van der Waals surface area contributed by atoms with Gasteiger partial charge in [0, 0.05) is 24.1 Å². The van der Waals surface area contributed by atoms with Crippen molar-refractivity contribution >= 4 is 0 Å². The van der Waals surface area contributed by atoms with Gasteiger partial charge in [0.2, 0.25) is 0 Å². The Labute approximate surface area is 120 Å². The van der Waals surface area contributed by atoms with Gasteiger partial charge in [-0.2, -0.15) is 13.2 Å². The summed E-state index contributed by atoms with van der Waals surface area (Å²) in [6, 6.07) is 3.64. The van der Waals surface area contributed by atoms with Gasteiger partial charge in [0.15, 0.2) is 0 Å². The smallest absolute Gasteiger partial charge is 0.391 e. The molecule has 1 spiro atoms. The first-order chi connectivity index (χ1) is 9.79. The van der Waals surface area contributed by atoms with E-state index in [1.54, 1.807) is 6.07 Å². The Balaban J connectivity index is 1.90. The molecule has 6 heteroatoms. The predicted molar refractivity (Wildman–Crippen MR) is 69.3 cm³/mol. The Bertz CT molecular complexity index is 545. The molecule has 0 aromatic heterocycles. The molecule has 2 aliphatic rings. The molecule has 1 heterocycles. The van der Waals surface area contributed by atoms with E-state index >= 15 is 0 Å². The van der Waals surface area contributed by atoms with E-state index in [1.807, 2.05) is 0 Å². The molecule has 1 aromatic carbocycles. The van der Waals surface area contributed by atoms with E-state index in [9.17, 15) is 17.6 Å². The minimum Gasteiger partial charge on any atom is -0.487 e. The second-order valence-corrected chi connectivity index (χ2v) is 6.11. The number of hydrogen-bond donors (Lipinski definition) is 1. The summed E-state index contributed by atoms with van der Waals surface area (Å²) >= 11 is 0. The standard InChI is InChI=1S/C15H17F4NO/c16-10-3-4-11-12(20)8-14(21-13(11)6-10)5-1-2-9(7-14)15(17,18)19/h3-4,6,9,12H,1-2,5,7-8,20H2. The molecule has 0 bridgehead atoms. The first-order valence-corrected chi connectivity index (χ1v) is 7.10. The number of benzene rings is 1. The lowest BCUT2D eigenvalue weighted by atomic mass is 9.72. The van der Waals surface area contributed by atoms with Crippen LogP contribution in [0.5, 0.6) is 5.75 Å². The van der Waals surface area contributed by atoms with Gasteiger partial charge in [0.1, 0.15) is 17.2 Å². The molecule has 116 valence electrons.